The van der Waals surface area contributed by atoms with E-state index in [2.05, 4.69) is 5.32 Å². The first-order valence-electron chi connectivity index (χ1n) is 11.5. The summed E-state index contributed by atoms with van der Waals surface area (Å²) < 4.78 is 5.76. The van der Waals surface area contributed by atoms with E-state index in [9.17, 15) is 19.5 Å². The molecule has 1 saturated heterocycles. The van der Waals surface area contributed by atoms with Crippen molar-refractivity contribution in [3.05, 3.63) is 81.5 Å². The van der Waals surface area contributed by atoms with Gasteiger partial charge in [-0.2, -0.15) is 0 Å². The van der Waals surface area contributed by atoms with E-state index in [1.807, 2.05) is 30.3 Å². The molecule has 1 aromatic heterocycles. The summed E-state index contributed by atoms with van der Waals surface area (Å²) in [6.45, 7) is 2.37. The molecule has 1 fully saturated rings. The van der Waals surface area contributed by atoms with E-state index in [1.54, 1.807) is 41.1 Å². The Kier molecular flexibility index (Phi) is 6.46. The second-order valence-electron chi connectivity index (χ2n) is 9.06. The van der Waals surface area contributed by atoms with E-state index < -0.39 is 11.7 Å². The predicted molar refractivity (Wildman–Crippen MR) is 137 cm³/mol. The zero-order chi connectivity index (χ0) is 25.4. The SMILES string of the molecule is CC1(O)CCCN(c2cccc(CN3C=C4CC=CC(NC(=O)Oc5ccc(Cl)s5)=C4C3=O)c2)C1=O. The van der Waals surface area contributed by atoms with Crippen LogP contribution in [0.4, 0.5) is 10.5 Å². The van der Waals surface area contributed by atoms with Gasteiger partial charge in [0.15, 0.2) is 5.06 Å². The first-order valence-corrected chi connectivity index (χ1v) is 12.7. The molecule has 3 heterocycles. The summed E-state index contributed by atoms with van der Waals surface area (Å²) in [6.07, 6.45) is 6.36. The van der Waals surface area contributed by atoms with Crippen LogP contribution < -0.4 is 15.0 Å². The quantitative estimate of drug-likeness (QED) is 0.598. The number of nitrogens with one attached hydrogen (secondary N) is 1. The molecule has 10 heteroatoms. The van der Waals surface area contributed by atoms with Crippen LogP contribution in [0.25, 0.3) is 0 Å². The van der Waals surface area contributed by atoms with E-state index in [0.717, 1.165) is 22.5 Å². The molecule has 0 radical (unpaired) electrons. The molecule has 36 heavy (non-hydrogen) atoms. The largest absolute Gasteiger partial charge is 0.417 e. The number of rotatable bonds is 5. The molecule has 0 spiro atoms. The number of carbonyl (C=O) groups is 3. The Labute approximate surface area is 217 Å². The number of hydrogen-bond acceptors (Lipinski definition) is 6. The van der Waals surface area contributed by atoms with Gasteiger partial charge in [0.2, 0.25) is 0 Å². The first-order chi connectivity index (χ1) is 17.2. The number of carbonyl (C=O) groups excluding carboxylic acids is 3. The van der Waals surface area contributed by atoms with E-state index in [1.165, 1.54) is 0 Å². The number of piperidine rings is 1. The van der Waals surface area contributed by atoms with Crippen LogP contribution in [0.15, 0.2) is 71.6 Å². The fraction of sp³-hybridized carbons (Fsp3) is 0.269. The van der Waals surface area contributed by atoms with Gasteiger partial charge in [0, 0.05) is 18.4 Å². The van der Waals surface area contributed by atoms with Crippen LogP contribution in [0, 0.1) is 0 Å². The number of benzene rings is 1. The standard InChI is InChI=1S/C26H24ClN3O5S/c1-26(34)11-4-12-30(24(26)32)18-7-2-5-16(13-18)14-29-15-17-6-3-8-19(22(17)23(29)31)28-25(33)35-21-10-9-20(27)36-21/h2-3,5,7-10,13,15,34H,4,6,11-12,14H2,1H3,(H,28,33). The van der Waals surface area contributed by atoms with Crippen LogP contribution in [-0.4, -0.2) is 40.1 Å². The molecule has 8 nitrogen and oxygen atoms in total. The van der Waals surface area contributed by atoms with Crippen molar-refractivity contribution >= 4 is 46.5 Å². The molecular formula is C26H24ClN3O5S. The molecule has 1 unspecified atom stereocenters. The van der Waals surface area contributed by atoms with Crippen LogP contribution in [0.5, 0.6) is 5.06 Å². The first kappa shape index (κ1) is 24.3. The smallest absolute Gasteiger partial charge is 0.399 e. The van der Waals surface area contributed by atoms with Crippen LogP contribution in [0.1, 0.15) is 31.7 Å². The van der Waals surface area contributed by atoms with Crippen molar-refractivity contribution in [2.75, 3.05) is 11.4 Å². The molecule has 3 aliphatic rings. The van der Waals surface area contributed by atoms with Crippen molar-refractivity contribution < 1.29 is 24.2 Å². The predicted octanol–water partition coefficient (Wildman–Crippen LogP) is 4.51. The summed E-state index contributed by atoms with van der Waals surface area (Å²) in [5.74, 6) is -0.550. The fourth-order valence-corrected chi connectivity index (χ4v) is 5.44. The third-order valence-corrected chi connectivity index (χ3v) is 7.41. The van der Waals surface area contributed by atoms with Crippen molar-refractivity contribution in [2.24, 2.45) is 0 Å². The summed E-state index contributed by atoms with van der Waals surface area (Å²) >= 11 is 7.02. The molecular weight excluding hydrogens is 502 g/mol. The minimum atomic E-state index is -1.38. The van der Waals surface area contributed by atoms with Gasteiger partial charge < -0.3 is 19.6 Å². The molecule has 1 aliphatic carbocycles. The lowest BCUT2D eigenvalue weighted by Crippen LogP contribution is -2.51. The van der Waals surface area contributed by atoms with Crippen molar-refractivity contribution in [1.29, 1.82) is 0 Å². The van der Waals surface area contributed by atoms with Crippen LogP contribution in [0.2, 0.25) is 4.34 Å². The van der Waals surface area contributed by atoms with Crippen molar-refractivity contribution in [3.8, 4) is 5.06 Å². The minimum Gasteiger partial charge on any atom is -0.399 e. The molecule has 5 rings (SSSR count). The summed E-state index contributed by atoms with van der Waals surface area (Å²) in [6, 6.07) is 10.6. The summed E-state index contributed by atoms with van der Waals surface area (Å²) in [5.41, 5.74) is 1.76. The van der Waals surface area contributed by atoms with Gasteiger partial charge in [0.25, 0.3) is 11.8 Å². The highest BCUT2D eigenvalue weighted by atomic mass is 35.5. The molecule has 0 saturated carbocycles. The maximum Gasteiger partial charge on any atom is 0.417 e. The third kappa shape index (κ3) is 4.82. The van der Waals surface area contributed by atoms with E-state index in [-0.39, 0.29) is 11.8 Å². The zero-order valence-electron chi connectivity index (χ0n) is 19.5. The third-order valence-electron chi connectivity index (χ3n) is 6.30. The van der Waals surface area contributed by atoms with E-state index in [4.69, 9.17) is 16.3 Å². The maximum absolute atomic E-state index is 13.3. The normalized spacial score (nSPS) is 21.6. The molecule has 0 bridgehead atoms. The molecule has 186 valence electrons. The lowest BCUT2D eigenvalue weighted by atomic mass is 9.93. The van der Waals surface area contributed by atoms with Crippen LogP contribution >= 0.6 is 22.9 Å². The Morgan fingerprint density at radius 1 is 1.28 bits per heavy atom. The Morgan fingerprint density at radius 2 is 2.11 bits per heavy atom. The molecule has 1 atom stereocenters. The van der Waals surface area contributed by atoms with Gasteiger partial charge in [-0.25, -0.2) is 4.79 Å². The van der Waals surface area contributed by atoms with Gasteiger partial charge in [0.1, 0.15) is 5.60 Å². The topological polar surface area (TPSA) is 99.2 Å². The zero-order valence-corrected chi connectivity index (χ0v) is 21.1. The average Bonchev–Trinajstić information content (AvgIpc) is 3.38. The Balaban J connectivity index is 1.31. The Hall–Kier alpha value is -3.40. The minimum absolute atomic E-state index is 0.230. The Morgan fingerprint density at radius 3 is 2.89 bits per heavy atom. The number of anilines is 1. The number of thiophene rings is 1. The van der Waals surface area contributed by atoms with Gasteiger partial charge in [-0.05, 0) is 67.7 Å². The number of ether oxygens (including phenoxy) is 1. The number of hydrogen-bond donors (Lipinski definition) is 2. The second-order valence-corrected chi connectivity index (χ2v) is 10.7. The summed E-state index contributed by atoms with van der Waals surface area (Å²) in [4.78, 5) is 41.6. The molecule has 1 aromatic carbocycles. The lowest BCUT2D eigenvalue weighted by molar-refractivity contribution is -0.137. The highest BCUT2D eigenvalue weighted by Gasteiger charge is 2.38. The molecule has 3 amide bonds. The number of amides is 3. The number of nitrogens with zero attached hydrogens (tertiary/aromatic N) is 2. The van der Waals surface area contributed by atoms with Gasteiger partial charge in [-0.15, -0.1) is 0 Å². The highest BCUT2D eigenvalue weighted by Crippen LogP contribution is 2.34. The van der Waals surface area contributed by atoms with Crippen molar-refractivity contribution in [2.45, 2.75) is 38.3 Å². The average molecular weight is 526 g/mol. The number of halogens is 1. The fourth-order valence-electron chi connectivity index (χ4n) is 4.57. The van der Waals surface area contributed by atoms with Crippen LogP contribution in [-0.2, 0) is 16.1 Å². The van der Waals surface area contributed by atoms with Gasteiger partial charge in [-0.1, -0.05) is 41.1 Å². The number of allylic oxidation sites excluding steroid dienone is 2. The highest BCUT2D eigenvalue weighted by molar-refractivity contribution is 7.17. The van der Waals surface area contributed by atoms with Gasteiger partial charge in [0.05, 0.1) is 22.2 Å². The van der Waals surface area contributed by atoms with Gasteiger partial charge >= 0.3 is 6.09 Å². The monoisotopic (exact) mass is 525 g/mol. The molecule has 2 aliphatic heterocycles. The van der Waals surface area contributed by atoms with Crippen LogP contribution in [0.3, 0.4) is 0 Å². The summed E-state index contributed by atoms with van der Waals surface area (Å²) in [7, 11) is 0. The molecule has 2 aromatic rings. The maximum atomic E-state index is 13.3. The van der Waals surface area contributed by atoms with Crippen molar-refractivity contribution in [3.63, 3.8) is 0 Å². The van der Waals surface area contributed by atoms with E-state index >= 15 is 0 Å². The summed E-state index contributed by atoms with van der Waals surface area (Å²) in [5, 5.41) is 13.4. The number of aliphatic hydroxyl groups is 1. The second kappa shape index (κ2) is 9.57. The van der Waals surface area contributed by atoms with Gasteiger partial charge in [-0.3, -0.25) is 14.9 Å². The lowest BCUT2D eigenvalue weighted by Gasteiger charge is -2.36. The van der Waals surface area contributed by atoms with Crippen molar-refractivity contribution in [1.82, 2.24) is 10.2 Å². The Bertz CT molecular complexity index is 1340. The molecule has 2 N–H and O–H groups in total. The number of fused-ring (bicyclic) bond motifs is 1. The van der Waals surface area contributed by atoms with E-state index in [0.29, 0.717) is 58.7 Å².